The van der Waals surface area contributed by atoms with Crippen molar-refractivity contribution in [2.24, 2.45) is 0 Å². The fraction of sp³-hybridized carbons (Fsp3) is 0.333. The molecule has 0 aliphatic rings. The Balaban J connectivity index is 2.94. The third kappa shape index (κ3) is 3.86. The van der Waals surface area contributed by atoms with Crippen molar-refractivity contribution in [2.75, 3.05) is 5.75 Å². The third-order valence-electron chi connectivity index (χ3n) is 1.93. The van der Waals surface area contributed by atoms with Crippen LogP contribution in [0, 0.1) is 0 Å². The van der Waals surface area contributed by atoms with Crippen LogP contribution in [0.2, 0.25) is 5.02 Å². The molecule has 0 aliphatic heterocycles. The van der Waals surface area contributed by atoms with E-state index in [-0.39, 0.29) is 9.92 Å². The first-order valence-corrected chi connectivity index (χ1v) is 6.39. The first-order chi connectivity index (χ1) is 7.63. The largest absolute Gasteiger partial charge is 0.415 e. The summed E-state index contributed by atoms with van der Waals surface area (Å²) >= 11 is 5.52. The molecule has 1 unspecified atom stereocenters. The molecule has 1 atom stereocenters. The molecule has 0 radical (unpaired) electrons. The monoisotopic (exact) mass is 288 g/mol. The van der Waals surface area contributed by atoms with Gasteiger partial charge in [-0.05, 0) is 24.3 Å². The molecule has 96 valence electrons. The van der Waals surface area contributed by atoms with Crippen molar-refractivity contribution in [1.82, 2.24) is 0 Å². The van der Waals surface area contributed by atoms with Gasteiger partial charge in [0.15, 0.2) is 15.9 Å². The Morgan fingerprint density at radius 3 is 2.12 bits per heavy atom. The van der Waals surface area contributed by atoms with E-state index in [1.54, 1.807) is 0 Å². The Morgan fingerprint density at radius 1 is 1.24 bits per heavy atom. The molecule has 1 aromatic carbocycles. The van der Waals surface area contributed by atoms with Crippen LogP contribution in [-0.4, -0.2) is 31.6 Å². The Bertz CT molecular complexity index is 481. The summed E-state index contributed by atoms with van der Waals surface area (Å²) in [6, 6.07) is 4.66. The minimum atomic E-state index is -4.96. The van der Waals surface area contributed by atoms with Crippen LogP contribution in [0.4, 0.5) is 13.2 Å². The maximum atomic E-state index is 12.0. The second-order valence-corrected chi connectivity index (χ2v) is 5.76. The number of aliphatic hydroxyl groups excluding tert-OH is 1. The van der Waals surface area contributed by atoms with Crippen LogP contribution in [-0.2, 0) is 9.84 Å². The maximum absolute atomic E-state index is 12.0. The molecule has 0 amide bonds. The predicted molar refractivity (Wildman–Crippen MR) is 55.6 cm³/mol. The zero-order valence-electron chi connectivity index (χ0n) is 8.28. The van der Waals surface area contributed by atoms with Crippen LogP contribution in [0.5, 0.6) is 0 Å². The van der Waals surface area contributed by atoms with E-state index >= 15 is 0 Å². The van der Waals surface area contributed by atoms with Crippen LogP contribution >= 0.6 is 11.6 Å². The SMILES string of the molecule is O=S(=O)(CC(O)C(F)(F)F)c1ccc(Cl)cc1. The summed E-state index contributed by atoms with van der Waals surface area (Å²) in [7, 11) is -4.19. The number of aliphatic hydroxyl groups is 1. The zero-order chi connectivity index (χ0) is 13.3. The smallest absolute Gasteiger partial charge is 0.383 e. The topological polar surface area (TPSA) is 54.4 Å². The molecule has 0 bridgehead atoms. The Labute approximate surface area is 101 Å². The molecule has 0 saturated carbocycles. The highest BCUT2D eigenvalue weighted by Crippen LogP contribution is 2.24. The molecule has 8 heteroatoms. The second kappa shape index (κ2) is 4.83. The molecule has 3 nitrogen and oxygen atoms in total. The van der Waals surface area contributed by atoms with Gasteiger partial charge in [0.1, 0.15) is 0 Å². The Morgan fingerprint density at radius 2 is 1.71 bits per heavy atom. The number of rotatable bonds is 3. The van der Waals surface area contributed by atoms with Gasteiger partial charge in [0.25, 0.3) is 0 Å². The van der Waals surface area contributed by atoms with Crippen molar-refractivity contribution in [1.29, 1.82) is 0 Å². The highest BCUT2D eigenvalue weighted by Gasteiger charge is 2.41. The van der Waals surface area contributed by atoms with Gasteiger partial charge in [0.05, 0.1) is 10.6 Å². The van der Waals surface area contributed by atoms with Crippen molar-refractivity contribution >= 4 is 21.4 Å². The lowest BCUT2D eigenvalue weighted by Gasteiger charge is -2.14. The van der Waals surface area contributed by atoms with Gasteiger partial charge < -0.3 is 5.11 Å². The Hall–Kier alpha value is -0.790. The van der Waals surface area contributed by atoms with E-state index < -0.39 is 27.9 Å². The molecule has 0 heterocycles. The lowest BCUT2D eigenvalue weighted by Crippen LogP contribution is -2.35. The van der Waals surface area contributed by atoms with Gasteiger partial charge >= 0.3 is 6.18 Å². The van der Waals surface area contributed by atoms with Crippen LogP contribution in [0.25, 0.3) is 0 Å². The van der Waals surface area contributed by atoms with Crippen molar-refractivity contribution in [2.45, 2.75) is 17.2 Å². The van der Waals surface area contributed by atoms with E-state index in [0.29, 0.717) is 0 Å². The third-order valence-corrected chi connectivity index (χ3v) is 3.92. The van der Waals surface area contributed by atoms with Crippen molar-refractivity contribution in [3.05, 3.63) is 29.3 Å². The maximum Gasteiger partial charge on any atom is 0.415 e. The van der Waals surface area contributed by atoms with Crippen LogP contribution < -0.4 is 0 Å². The number of halogens is 4. The van der Waals surface area contributed by atoms with E-state index in [1.807, 2.05) is 0 Å². The summed E-state index contributed by atoms with van der Waals surface area (Å²) in [5, 5.41) is 8.97. The predicted octanol–water partition coefficient (Wildman–Crippen LogP) is 2.04. The van der Waals surface area contributed by atoms with E-state index in [2.05, 4.69) is 0 Å². The van der Waals surface area contributed by atoms with Gasteiger partial charge in [-0.15, -0.1) is 0 Å². The van der Waals surface area contributed by atoms with Crippen LogP contribution in [0.15, 0.2) is 29.2 Å². The fourth-order valence-corrected chi connectivity index (χ4v) is 2.51. The second-order valence-electron chi connectivity index (χ2n) is 3.29. The number of sulfone groups is 1. The number of alkyl halides is 3. The van der Waals surface area contributed by atoms with Crippen LogP contribution in [0.1, 0.15) is 0 Å². The standard InChI is InChI=1S/C9H8ClF3O3S/c10-6-1-3-7(4-2-6)17(15,16)5-8(14)9(11,12)13/h1-4,8,14H,5H2. The first-order valence-electron chi connectivity index (χ1n) is 4.36. The zero-order valence-corrected chi connectivity index (χ0v) is 9.85. The van der Waals surface area contributed by atoms with E-state index in [9.17, 15) is 21.6 Å². The van der Waals surface area contributed by atoms with Crippen molar-refractivity contribution < 1.29 is 26.7 Å². The summed E-state index contributed by atoms with van der Waals surface area (Å²) in [5.74, 6) is -1.40. The molecule has 1 rings (SSSR count). The summed E-state index contributed by atoms with van der Waals surface area (Å²) in [6.07, 6.45) is -7.86. The number of benzene rings is 1. The molecule has 0 fully saturated rings. The van der Waals surface area contributed by atoms with Gasteiger partial charge in [0, 0.05) is 5.02 Å². The quantitative estimate of drug-likeness (QED) is 0.926. The van der Waals surface area contributed by atoms with Crippen molar-refractivity contribution in [3.63, 3.8) is 0 Å². The highest BCUT2D eigenvalue weighted by molar-refractivity contribution is 7.91. The molecule has 17 heavy (non-hydrogen) atoms. The van der Waals surface area contributed by atoms with E-state index in [1.165, 1.54) is 12.1 Å². The number of hydrogen-bond donors (Lipinski definition) is 1. The minimum Gasteiger partial charge on any atom is -0.383 e. The van der Waals surface area contributed by atoms with Gasteiger partial charge in [-0.2, -0.15) is 13.2 Å². The van der Waals surface area contributed by atoms with Gasteiger partial charge in [0.2, 0.25) is 0 Å². The van der Waals surface area contributed by atoms with Gasteiger partial charge in [-0.3, -0.25) is 0 Å². The average Bonchev–Trinajstić information content (AvgIpc) is 2.16. The van der Waals surface area contributed by atoms with Crippen LogP contribution in [0.3, 0.4) is 0 Å². The highest BCUT2D eigenvalue weighted by atomic mass is 35.5. The van der Waals surface area contributed by atoms with Gasteiger partial charge in [-0.1, -0.05) is 11.6 Å². The molecule has 1 N–H and O–H groups in total. The molecule has 0 spiro atoms. The molecule has 1 aromatic rings. The summed E-state index contributed by atoms with van der Waals surface area (Å²) in [5.41, 5.74) is 0. The average molecular weight is 289 g/mol. The normalized spacial score (nSPS) is 14.6. The minimum absolute atomic E-state index is 0.264. The summed E-state index contributed by atoms with van der Waals surface area (Å²) in [6.45, 7) is 0. The molecule has 0 aliphatic carbocycles. The Kier molecular flexibility index (Phi) is 4.06. The van der Waals surface area contributed by atoms with E-state index in [4.69, 9.17) is 16.7 Å². The van der Waals surface area contributed by atoms with Crippen molar-refractivity contribution in [3.8, 4) is 0 Å². The molecule has 0 aromatic heterocycles. The summed E-state index contributed by atoms with van der Waals surface area (Å²) < 4.78 is 59.1. The van der Waals surface area contributed by atoms with E-state index in [0.717, 1.165) is 12.1 Å². The molecule has 0 saturated heterocycles. The number of hydrogen-bond acceptors (Lipinski definition) is 3. The fourth-order valence-electron chi connectivity index (χ4n) is 1.04. The van der Waals surface area contributed by atoms with Gasteiger partial charge in [-0.25, -0.2) is 8.42 Å². The summed E-state index contributed by atoms with van der Waals surface area (Å²) in [4.78, 5) is -0.315. The molecular formula is C9H8ClF3O3S. The lowest BCUT2D eigenvalue weighted by molar-refractivity contribution is -0.196. The first kappa shape index (κ1) is 14.3. The lowest BCUT2D eigenvalue weighted by atomic mass is 10.4. The molecular weight excluding hydrogens is 281 g/mol.